The average molecular weight is 271 g/mol. The molecule has 0 aromatic heterocycles. The van der Waals surface area contributed by atoms with E-state index in [4.69, 9.17) is 0 Å². The Bertz CT molecular complexity index is 628. The minimum absolute atomic E-state index is 0.445. The molecule has 2 rings (SSSR count). The maximum atomic E-state index is 4.38. The average Bonchev–Trinajstić information content (AvgIpc) is 2.96. The Hall–Kier alpha value is -1.33. The molecule has 0 aliphatic heterocycles. The molecule has 0 bridgehead atoms. The van der Waals surface area contributed by atoms with Crippen LogP contribution in [0.5, 0.6) is 0 Å². The van der Waals surface area contributed by atoms with Crippen LogP contribution in [0.1, 0.15) is 25.3 Å². The predicted molar refractivity (Wildman–Crippen MR) is 90.7 cm³/mol. The summed E-state index contributed by atoms with van der Waals surface area (Å²) >= 11 is 0. The van der Waals surface area contributed by atoms with Gasteiger partial charge in [-0.25, -0.2) is 0 Å². The molecule has 100 valence electrons. The summed E-state index contributed by atoms with van der Waals surface area (Å²) in [6, 6.07) is 8.70. The molecule has 1 aliphatic carbocycles. The van der Waals surface area contributed by atoms with Crippen LogP contribution in [0.2, 0.25) is 0 Å². The second-order valence-electron chi connectivity index (χ2n) is 5.81. The molecule has 0 fully saturated rings. The molecule has 1 atom stereocenters. The third kappa shape index (κ3) is 2.98. The van der Waals surface area contributed by atoms with Crippen LogP contribution in [-0.2, 0) is 0 Å². The van der Waals surface area contributed by atoms with Crippen molar-refractivity contribution < 1.29 is 0 Å². The summed E-state index contributed by atoms with van der Waals surface area (Å²) in [7, 11) is 0. The number of allylic oxidation sites excluding steroid dienone is 3. The van der Waals surface area contributed by atoms with E-state index in [1.165, 1.54) is 22.0 Å². The summed E-state index contributed by atoms with van der Waals surface area (Å²) in [6.45, 7) is 11.2. The van der Waals surface area contributed by atoms with Gasteiger partial charge in [-0.3, -0.25) is 4.99 Å². The lowest BCUT2D eigenvalue weighted by Gasteiger charge is -2.18. The summed E-state index contributed by atoms with van der Waals surface area (Å²) in [5.74, 6) is 0.445. The zero-order chi connectivity index (χ0) is 14.2. The van der Waals surface area contributed by atoms with E-state index in [0.717, 1.165) is 5.70 Å². The Morgan fingerprint density at radius 3 is 2.53 bits per heavy atom. The van der Waals surface area contributed by atoms with Crippen molar-refractivity contribution in [3.05, 3.63) is 53.3 Å². The molecule has 0 spiro atoms. The van der Waals surface area contributed by atoms with Gasteiger partial charge in [0.15, 0.2) is 0 Å². The highest BCUT2D eigenvalue weighted by molar-refractivity contribution is 7.79. The molecule has 0 heterocycles. The van der Waals surface area contributed by atoms with Crippen LogP contribution in [0.25, 0.3) is 0 Å². The summed E-state index contributed by atoms with van der Waals surface area (Å²) in [4.78, 5) is 4.32. The lowest BCUT2D eigenvalue weighted by molar-refractivity contribution is 1.17. The van der Waals surface area contributed by atoms with Gasteiger partial charge in [0.2, 0.25) is 0 Å². The van der Waals surface area contributed by atoms with Gasteiger partial charge in [-0.1, -0.05) is 49.6 Å². The van der Waals surface area contributed by atoms with E-state index in [0.29, 0.717) is 5.92 Å². The van der Waals surface area contributed by atoms with Crippen molar-refractivity contribution in [2.24, 2.45) is 4.99 Å². The van der Waals surface area contributed by atoms with Crippen molar-refractivity contribution in [2.75, 3.05) is 13.3 Å². The Morgan fingerprint density at radius 1 is 1.32 bits per heavy atom. The molecule has 1 unspecified atom stereocenters. The smallest absolute Gasteiger partial charge is 0.0324 e. The summed E-state index contributed by atoms with van der Waals surface area (Å²) in [5, 5.41) is 1.43. The molecule has 0 saturated heterocycles. The van der Waals surface area contributed by atoms with Gasteiger partial charge in [0.25, 0.3) is 0 Å². The fraction of sp³-hybridized carbons (Fsp3) is 0.294. The molecule has 1 aromatic carbocycles. The number of nitrogens with zero attached hydrogens (tertiary/aromatic N) is 1. The SMILES string of the molecule is C=C(C)N=CC1=C(C)C1c1ccccc1P(=C)(C)C. The maximum absolute atomic E-state index is 4.38. The van der Waals surface area contributed by atoms with E-state index < -0.39 is 6.89 Å². The van der Waals surface area contributed by atoms with Gasteiger partial charge >= 0.3 is 0 Å². The minimum Gasteiger partial charge on any atom is -0.262 e. The molecule has 2 heteroatoms. The van der Waals surface area contributed by atoms with E-state index in [2.05, 4.69) is 62.4 Å². The summed E-state index contributed by atoms with van der Waals surface area (Å²) < 4.78 is 0. The molecule has 0 amide bonds. The van der Waals surface area contributed by atoms with Gasteiger partial charge in [0.05, 0.1) is 0 Å². The molecule has 0 saturated carbocycles. The van der Waals surface area contributed by atoms with Crippen LogP contribution in [-0.4, -0.2) is 25.8 Å². The van der Waals surface area contributed by atoms with Gasteiger partial charge in [-0.15, -0.1) is 0 Å². The van der Waals surface area contributed by atoms with Crippen molar-refractivity contribution in [1.82, 2.24) is 0 Å². The molecule has 1 aliphatic rings. The first-order chi connectivity index (χ1) is 8.82. The first kappa shape index (κ1) is 14.1. The van der Waals surface area contributed by atoms with E-state index in [-0.39, 0.29) is 0 Å². The van der Waals surface area contributed by atoms with Gasteiger partial charge in [0.1, 0.15) is 0 Å². The standard InChI is InChI=1S/C17H22NP/c1-12(2)18-11-15-13(3)17(15)14-9-7-8-10-16(14)19(4,5)6/h7-11,17H,1,4H2,2-3,5-6H3. The minimum atomic E-state index is -1.25. The molecule has 0 radical (unpaired) electrons. The number of hydrogen-bond acceptors (Lipinski definition) is 1. The first-order valence-corrected chi connectivity index (χ1v) is 9.37. The Morgan fingerprint density at radius 2 is 1.95 bits per heavy atom. The van der Waals surface area contributed by atoms with Crippen molar-refractivity contribution in [2.45, 2.75) is 19.8 Å². The van der Waals surface area contributed by atoms with Crippen molar-refractivity contribution in [3.8, 4) is 0 Å². The normalized spacial score (nSPS) is 19.1. The third-order valence-electron chi connectivity index (χ3n) is 3.44. The predicted octanol–water partition coefficient (Wildman–Crippen LogP) is 4.04. The van der Waals surface area contributed by atoms with E-state index in [1.54, 1.807) is 0 Å². The molecule has 19 heavy (non-hydrogen) atoms. The van der Waals surface area contributed by atoms with Gasteiger partial charge in [-0.05, 0) is 43.6 Å². The lowest BCUT2D eigenvalue weighted by Crippen LogP contribution is -2.10. The fourth-order valence-electron chi connectivity index (χ4n) is 2.39. The molecule has 1 aromatic rings. The van der Waals surface area contributed by atoms with Crippen LogP contribution < -0.4 is 5.30 Å². The maximum Gasteiger partial charge on any atom is 0.0324 e. The van der Waals surface area contributed by atoms with E-state index in [9.17, 15) is 0 Å². The molecule has 1 nitrogen and oxygen atoms in total. The molecule has 0 N–H and O–H groups in total. The number of rotatable bonds is 4. The monoisotopic (exact) mass is 271 g/mol. The highest BCUT2D eigenvalue weighted by Crippen LogP contribution is 2.49. The largest absolute Gasteiger partial charge is 0.262 e. The number of benzene rings is 1. The van der Waals surface area contributed by atoms with Crippen molar-refractivity contribution >= 4 is 24.7 Å². The van der Waals surface area contributed by atoms with Crippen molar-refractivity contribution in [1.29, 1.82) is 0 Å². The van der Waals surface area contributed by atoms with Gasteiger partial charge in [0, 0.05) is 17.8 Å². The molecular weight excluding hydrogens is 249 g/mol. The highest BCUT2D eigenvalue weighted by Gasteiger charge is 2.35. The lowest BCUT2D eigenvalue weighted by atomic mass is 10.1. The van der Waals surface area contributed by atoms with Crippen LogP contribution in [0.3, 0.4) is 0 Å². The van der Waals surface area contributed by atoms with Crippen LogP contribution >= 0.6 is 6.89 Å². The third-order valence-corrected chi connectivity index (χ3v) is 5.15. The number of aliphatic imine (C=N–C) groups is 1. The van der Waals surface area contributed by atoms with Crippen LogP contribution in [0.15, 0.2) is 52.7 Å². The van der Waals surface area contributed by atoms with Gasteiger partial charge < -0.3 is 0 Å². The fourth-order valence-corrected chi connectivity index (χ4v) is 3.78. The number of hydrogen-bond donors (Lipinski definition) is 0. The Balaban J connectivity index is 2.32. The van der Waals surface area contributed by atoms with E-state index in [1.807, 2.05) is 13.1 Å². The second kappa shape index (κ2) is 4.98. The van der Waals surface area contributed by atoms with Gasteiger partial charge in [-0.2, -0.15) is 0 Å². The highest BCUT2D eigenvalue weighted by atomic mass is 31.2. The zero-order valence-corrected chi connectivity index (χ0v) is 13.2. The topological polar surface area (TPSA) is 12.4 Å². The Labute approximate surface area is 116 Å². The summed E-state index contributed by atoms with van der Waals surface area (Å²) in [6.07, 6.45) is 6.35. The summed E-state index contributed by atoms with van der Waals surface area (Å²) in [5.41, 5.74) is 5.02. The quantitative estimate of drug-likeness (QED) is 0.579. The van der Waals surface area contributed by atoms with E-state index >= 15 is 0 Å². The van der Waals surface area contributed by atoms with Crippen LogP contribution in [0, 0.1) is 0 Å². The molecular formula is C17H22NP. The van der Waals surface area contributed by atoms with Crippen molar-refractivity contribution in [3.63, 3.8) is 0 Å². The zero-order valence-electron chi connectivity index (χ0n) is 12.3. The first-order valence-electron chi connectivity index (χ1n) is 6.50. The second-order valence-corrected chi connectivity index (χ2v) is 9.66. The Kier molecular flexibility index (Phi) is 3.69. The van der Waals surface area contributed by atoms with Crippen LogP contribution in [0.4, 0.5) is 0 Å².